The Morgan fingerprint density at radius 2 is 1.86 bits per heavy atom. The van der Waals surface area contributed by atoms with Crippen molar-refractivity contribution in [3.8, 4) is 11.1 Å². The Kier molecular flexibility index (Phi) is 7.95. The van der Waals surface area contributed by atoms with Gasteiger partial charge in [0.25, 0.3) is 5.91 Å². The Bertz CT molecular complexity index is 914. The third-order valence-electron chi connectivity index (χ3n) is 4.16. The number of ether oxygens (including phenoxy) is 1. The van der Waals surface area contributed by atoms with Gasteiger partial charge in [0.1, 0.15) is 11.5 Å². The predicted molar refractivity (Wildman–Crippen MR) is 111 cm³/mol. The first-order chi connectivity index (χ1) is 13.1. The van der Waals surface area contributed by atoms with Crippen molar-refractivity contribution in [3.05, 3.63) is 60.0 Å². The lowest BCUT2D eigenvalue weighted by atomic mass is 10.0. The van der Waals surface area contributed by atoms with Crippen molar-refractivity contribution in [2.45, 2.75) is 6.04 Å². The quantitative estimate of drug-likeness (QED) is 0.431. The summed E-state index contributed by atoms with van der Waals surface area (Å²) < 4.78 is 18.4. The second-order valence-electron chi connectivity index (χ2n) is 6.33. The monoisotopic (exact) mass is 406 g/mol. The lowest BCUT2D eigenvalue weighted by Crippen LogP contribution is -2.40. The highest BCUT2D eigenvalue weighted by Gasteiger charge is 2.12. The third-order valence-corrected chi connectivity index (χ3v) is 4.16. The number of nitrogens with two attached hydrogens (primary N) is 2. The molecule has 1 aromatic heterocycles. The molecule has 0 saturated heterocycles. The molecule has 0 fully saturated rings. The van der Waals surface area contributed by atoms with Crippen LogP contribution in [0.25, 0.3) is 22.0 Å². The summed E-state index contributed by atoms with van der Waals surface area (Å²) in [6.07, 6.45) is 0. The Balaban J connectivity index is 0.00000280. The first-order valence-electron chi connectivity index (χ1n) is 8.77. The number of hydrogen-bond donors (Lipinski definition) is 4. The van der Waals surface area contributed by atoms with Crippen molar-refractivity contribution in [3.63, 3.8) is 0 Å². The summed E-state index contributed by atoms with van der Waals surface area (Å²) in [6, 6.07) is 13.6. The van der Waals surface area contributed by atoms with Gasteiger partial charge in [0, 0.05) is 30.0 Å². The molecule has 0 bridgehead atoms. The second kappa shape index (κ2) is 10.2. The summed E-state index contributed by atoms with van der Waals surface area (Å²) in [5.41, 5.74) is 14.4. The standard InChI is InChI=1S/C20H23FN4O2.ClH/c21-16-5-3-13(4-6-16)14-1-2-15-10-19(25-18(15)9-14)20(26)24-11-17(23)12-27-8-7-22;/h1-6,9-10,17,25H,7-8,11-12,22-23H2,(H,24,26);1H/t17-;/m1./s1. The molecule has 0 unspecified atom stereocenters. The largest absolute Gasteiger partial charge is 0.378 e. The van der Waals surface area contributed by atoms with Crippen molar-refractivity contribution in [1.82, 2.24) is 10.3 Å². The minimum Gasteiger partial charge on any atom is -0.378 e. The molecule has 150 valence electrons. The van der Waals surface area contributed by atoms with E-state index in [-0.39, 0.29) is 30.2 Å². The number of aromatic amines is 1. The highest BCUT2D eigenvalue weighted by atomic mass is 35.5. The summed E-state index contributed by atoms with van der Waals surface area (Å²) in [6.45, 7) is 1.53. The molecule has 6 nitrogen and oxygen atoms in total. The summed E-state index contributed by atoms with van der Waals surface area (Å²) in [7, 11) is 0. The van der Waals surface area contributed by atoms with E-state index in [0.717, 1.165) is 22.0 Å². The van der Waals surface area contributed by atoms with Crippen LogP contribution in [0.1, 0.15) is 10.5 Å². The van der Waals surface area contributed by atoms with Gasteiger partial charge in [-0.25, -0.2) is 4.39 Å². The number of carbonyl (C=O) groups is 1. The highest BCUT2D eigenvalue weighted by molar-refractivity contribution is 5.98. The van der Waals surface area contributed by atoms with Crippen molar-refractivity contribution in [2.75, 3.05) is 26.3 Å². The van der Waals surface area contributed by atoms with E-state index >= 15 is 0 Å². The number of amides is 1. The van der Waals surface area contributed by atoms with Crippen molar-refractivity contribution in [2.24, 2.45) is 11.5 Å². The van der Waals surface area contributed by atoms with Crippen LogP contribution in [0, 0.1) is 5.82 Å². The van der Waals surface area contributed by atoms with Gasteiger partial charge in [0.2, 0.25) is 0 Å². The average Bonchev–Trinajstić information content (AvgIpc) is 3.10. The summed E-state index contributed by atoms with van der Waals surface area (Å²) >= 11 is 0. The molecule has 0 aliphatic carbocycles. The van der Waals surface area contributed by atoms with Crippen LogP contribution in [0.3, 0.4) is 0 Å². The molecule has 3 aromatic rings. The average molecular weight is 407 g/mol. The van der Waals surface area contributed by atoms with Gasteiger partial charge in [0.15, 0.2) is 0 Å². The maximum absolute atomic E-state index is 13.1. The van der Waals surface area contributed by atoms with Crippen molar-refractivity contribution in [1.29, 1.82) is 0 Å². The molecule has 0 radical (unpaired) electrons. The summed E-state index contributed by atoms with van der Waals surface area (Å²) in [5.74, 6) is -0.505. The van der Waals surface area contributed by atoms with Crippen LogP contribution >= 0.6 is 12.4 Å². The van der Waals surface area contributed by atoms with Gasteiger partial charge in [-0.2, -0.15) is 0 Å². The Hall–Kier alpha value is -2.45. The number of benzene rings is 2. The van der Waals surface area contributed by atoms with E-state index in [2.05, 4.69) is 10.3 Å². The molecule has 3 rings (SSSR count). The van der Waals surface area contributed by atoms with Crippen LogP contribution in [0.15, 0.2) is 48.5 Å². The number of aromatic nitrogens is 1. The number of fused-ring (bicyclic) bond motifs is 1. The van der Waals surface area contributed by atoms with E-state index in [4.69, 9.17) is 16.2 Å². The number of H-pyrrole nitrogens is 1. The minimum atomic E-state index is -0.296. The molecule has 0 aliphatic heterocycles. The maximum atomic E-state index is 13.1. The van der Waals surface area contributed by atoms with E-state index in [1.807, 2.05) is 18.2 Å². The lowest BCUT2D eigenvalue weighted by Gasteiger charge is -2.12. The number of nitrogens with one attached hydrogen (secondary N) is 2. The van der Waals surface area contributed by atoms with Crippen LogP contribution in [0.4, 0.5) is 4.39 Å². The first-order valence-corrected chi connectivity index (χ1v) is 8.77. The zero-order chi connectivity index (χ0) is 19.2. The summed E-state index contributed by atoms with van der Waals surface area (Å²) in [5, 5.41) is 3.71. The molecule has 1 amide bonds. The fourth-order valence-corrected chi connectivity index (χ4v) is 2.77. The van der Waals surface area contributed by atoms with Crippen molar-refractivity contribution < 1.29 is 13.9 Å². The van der Waals surface area contributed by atoms with E-state index < -0.39 is 0 Å². The van der Waals surface area contributed by atoms with Crippen LogP contribution in [-0.4, -0.2) is 43.2 Å². The number of hydrogen-bond acceptors (Lipinski definition) is 4. The fourth-order valence-electron chi connectivity index (χ4n) is 2.77. The maximum Gasteiger partial charge on any atom is 0.267 e. The van der Waals surface area contributed by atoms with Gasteiger partial charge in [-0.05, 0) is 35.4 Å². The molecular weight excluding hydrogens is 383 g/mol. The molecule has 0 spiro atoms. The van der Waals surface area contributed by atoms with Gasteiger partial charge in [-0.15, -0.1) is 12.4 Å². The van der Waals surface area contributed by atoms with E-state index in [9.17, 15) is 9.18 Å². The SMILES string of the molecule is Cl.NCCOC[C@H](N)CNC(=O)c1cc2ccc(-c3ccc(F)cc3)cc2[nH]1. The fraction of sp³-hybridized carbons (Fsp3) is 0.250. The normalized spacial score (nSPS) is 11.8. The Morgan fingerprint density at radius 3 is 2.57 bits per heavy atom. The molecule has 2 aromatic carbocycles. The summed E-state index contributed by atoms with van der Waals surface area (Å²) in [4.78, 5) is 15.5. The molecule has 0 aliphatic rings. The zero-order valence-corrected chi connectivity index (χ0v) is 16.1. The van der Waals surface area contributed by atoms with E-state index in [1.165, 1.54) is 12.1 Å². The van der Waals surface area contributed by atoms with E-state index in [0.29, 0.717) is 32.0 Å². The molecule has 8 heteroatoms. The second-order valence-corrected chi connectivity index (χ2v) is 6.33. The molecule has 28 heavy (non-hydrogen) atoms. The number of rotatable bonds is 8. The highest BCUT2D eigenvalue weighted by Crippen LogP contribution is 2.25. The molecule has 6 N–H and O–H groups in total. The number of halogens is 2. The molecule has 1 atom stereocenters. The minimum absolute atomic E-state index is 0. The molecule has 1 heterocycles. The molecule has 0 saturated carbocycles. The smallest absolute Gasteiger partial charge is 0.267 e. The zero-order valence-electron chi connectivity index (χ0n) is 15.3. The number of carbonyl (C=O) groups excluding carboxylic acids is 1. The van der Waals surface area contributed by atoms with Crippen LogP contribution in [0.5, 0.6) is 0 Å². The van der Waals surface area contributed by atoms with Gasteiger partial charge in [-0.1, -0.05) is 24.3 Å². The van der Waals surface area contributed by atoms with Crippen LogP contribution < -0.4 is 16.8 Å². The van der Waals surface area contributed by atoms with Crippen molar-refractivity contribution >= 4 is 29.2 Å². The third kappa shape index (κ3) is 5.53. The van der Waals surface area contributed by atoms with E-state index in [1.54, 1.807) is 18.2 Å². The van der Waals surface area contributed by atoms with Gasteiger partial charge in [0.05, 0.1) is 13.2 Å². The van der Waals surface area contributed by atoms with Gasteiger partial charge >= 0.3 is 0 Å². The Morgan fingerprint density at radius 1 is 1.14 bits per heavy atom. The Labute approximate surface area is 168 Å². The van der Waals surface area contributed by atoms with Gasteiger partial charge < -0.3 is 26.5 Å². The van der Waals surface area contributed by atoms with Crippen LogP contribution in [0.2, 0.25) is 0 Å². The lowest BCUT2D eigenvalue weighted by molar-refractivity contribution is 0.0929. The topological polar surface area (TPSA) is 106 Å². The first kappa shape index (κ1) is 21.8. The molecular formula is C20H24ClFN4O2. The predicted octanol–water partition coefficient (Wildman–Crippen LogP) is 2.43. The van der Waals surface area contributed by atoms with Crippen LogP contribution in [-0.2, 0) is 4.74 Å². The van der Waals surface area contributed by atoms with Gasteiger partial charge in [-0.3, -0.25) is 4.79 Å².